The average Bonchev–Trinajstić information content (AvgIpc) is 2.87. The van der Waals surface area contributed by atoms with E-state index < -0.39 is 6.10 Å². The summed E-state index contributed by atoms with van der Waals surface area (Å²) in [5.41, 5.74) is 2.17. The highest BCUT2D eigenvalue weighted by atomic mass is 16.6. The number of fused-ring (bicyclic) bond motifs is 3. The largest absolute Gasteiger partial charge is 0.490 e. The summed E-state index contributed by atoms with van der Waals surface area (Å²) in [4.78, 5) is 12.1. The number of esters is 1. The molecule has 0 saturated heterocycles. The van der Waals surface area contributed by atoms with Crippen molar-refractivity contribution >= 4 is 33.6 Å². The molecule has 0 saturated carbocycles. The Labute approximate surface area is 200 Å². The van der Waals surface area contributed by atoms with Crippen LogP contribution in [0.15, 0.2) is 84.9 Å². The second-order valence-electron chi connectivity index (χ2n) is 7.99. The summed E-state index contributed by atoms with van der Waals surface area (Å²) in [6, 6.07) is 26.9. The van der Waals surface area contributed by atoms with E-state index >= 15 is 0 Å². The van der Waals surface area contributed by atoms with Crippen LogP contribution in [0.2, 0.25) is 0 Å². The van der Waals surface area contributed by atoms with E-state index in [4.69, 9.17) is 14.2 Å². The second kappa shape index (κ2) is 11.5. The summed E-state index contributed by atoms with van der Waals surface area (Å²) < 4.78 is 16.6. The van der Waals surface area contributed by atoms with Crippen molar-refractivity contribution in [3.05, 3.63) is 96.1 Å². The molecule has 0 aliphatic carbocycles. The highest BCUT2D eigenvalue weighted by Crippen LogP contribution is 2.29. The maximum atomic E-state index is 12.1. The molecule has 0 radical (unpaired) electrons. The Hall–Kier alpha value is -3.63. The quantitative estimate of drug-likeness (QED) is 0.200. The number of hydrogen-bond acceptors (Lipinski definition) is 4. The van der Waals surface area contributed by atoms with Gasteiger partial charge in [0.2, 0.25) is 0 Å². The Morgan fingerprint density at radius 3 is 2.29 bits per heavy atom. The summed E-state index contributed by atoms with van der Waals surface area (Å²) >= 11 is 0. The minimum Gasteiger partial charge on any atom is -0.490 e. The molecule has 174 valence electrons. The molecule has 4 rings (SSSR count). The van der Waals surface area contributed by atoms with Crippen LogP contribution in [0.25, 0.3) is 27.6 Å². The molecule has 4 nitrogen and oxygen atoms in total. The van der Waals surface area contributed by atoms with Gasteiger partial charge in [-0.2, -0.15) is 0 Å². The van der Waals surface area contributed by atoms with Gasteiger partial charge >= 0.3 is 5.97 Å². The molecule has 4 aromatic carbocycles. The molecule has 4 heteroatoms. The number of carbonyl (C=O) groups excluding carboxylic acids is 1. The smallest absolute Gasteiger partial charge is 0.335 e. The van der Waals surface area contributed by atoms with E-state index in [0.717, 1.165) is 11.3 Å². The lowest BCUT2D eigenvalue weighted by atomic mass is 9.97. The first-order chi connectivity index (χ1) is 16.7. The minimum absolute atomic E-state index is 0.323. The van der Waals surface area contributed by atoms with Crippen molar-refractivity contribution in [3.63, 3.8) is 0 Å². The predicted octanol–water partition coefficient (Wildman–Crippen LogP) is 6.60. The van der Waals surface area contributed by atoms with E-state index in [1.807, 2.05) is 37.3 Å². The second-order valence-corrected chi connectivity index (χ2v) is 7.99. The van der Waals surface area contributed by atoms with Crippen LogP contribution in [0.5, 0.6) is 5.75 Å². The fraction of sp³-hybridized carbons (Fsp3) is 0.233. The van der Waals surface area contributed by atoms with Crippen molar-refractivity contribution in [2.45, 2.75) is 26.4 Å². The Kier molecular flexibility index (Phi) is 7.95. The summed E-state index contributed by atoms with van der Waals surface area (Å²) in [6.07, 6.45) is 4.05. The molecule has 0 aliphatic rings. The van der Waals surface area contributed by atoms with Gasteiger partial charge in [-0.25, -0.2) is 4.79 Å². The third-order valence-electron chi connectivity index (χ3n) is 5.71. The van der Waals surface area contributed by atoms with Crippen LogP contribution in [0.1, 0.15) is 25.0 Å². The van der Waals surface area contributed by atoms with Gasteiger partial charge < -0.3 is 14.2 Å². The van der Waals surface area contributed by atoms with Gasteiger partial charge in [-0.05, 0) is 70.8 Å². The molecule has 0 spiro atoms. The highest BCUT2D eigenvalue weighted by molar-refractivity contribution is 6.10. The van der Waals surface area contributed by atoms with Gasteiger partial charge in [0.05, 0.1) is 6.61 Å². The van der Waals surface area contributed by atoms with Crippen LogP contribution in [0.4, 0.5) is 0 Å². The van der Waals surface area contributed by atoms with E-state index in [9.17, 15) is 4.79 Å². The predicted molar refractivity (Wildman–Crippen MR) is 138 cm³/mol. The third kappa shape index (κ3) is 5.64. The van der Waals surface area contributed by atoms with Gasteiger partial charge in [0.1, 0.15) is 12.4 Å². The van der Waals surface area contributed by atoms with E-state index in [1.165, 1.54) is 27.1 Å². The van der Waals surface area contributed by atoms with Crippen molar-refractivity contribution < 1.29 is 19.0 Å². The molecular weight excluding hydrogens is 424 g/mol. The first kappa shape index (κ1) is 23.5. The molecule has 4 aromatic rings. The van der Waals surface area contributed by atoms with Crippen molar-refractivity contribution in [2.24, 2.45) is 0 Å². The van der Waals surface area contributed by atoms with Gasteiger partial charge in [0.25, 0.3) is 0 Å². The molecule has 0 aliphatic heterocycles. The van der Waals surface area contributed by atoms with Crippen LogP contribution in [0.3, 0.4) is 0 Å². The molecule has 0 N–H and O–H groups in total. The van der Waals surface area contributed by atoms with Crippen molar-refractivity contribution in [3.8, 4) is 5.75 Å². The monoisotopic (exact) mass is 454 g/mol. The van der Waals surface area contributed by atoms with Crippen LogP contribution in [-0.2, 0) is 20.7 Å². The Balaban J connectivity index is 1.40. The van der Waals surface area contributed by atoms with Gasteiger partial charge in [-0.1, -0.05) is 66.7 Å². The lowest BCUT2D eigenvalue weighted by Crippen LogP contribution is -2.28. The van der Waals surface area contributed by atoms with Gasteiger partial charge in [-0.3, -0.25) is 0 Å². The maximum absolute atomic E-state index is 12.1. The van der Waals surface area contributed by atoms with E-state index in [2.05, 4.69) is 60.7 Å². The number of ether oxygens (including phenoxy) is 3. The first-order valence-corrected chi connectivity index (χ1v) is 11.8. The van der Waals surface area contributed by atoms with Gasteiger partial charge in [-0.15, -0.1) is 0 Å². The minimum atomic E-state index is -0.587. The molecule has 34 heavy (non-hydrogen) atoms. The molecule has 0 unspecified atom stereocenters. The maximum Gasteiger partial charge on any atom is 0.335 e. The molecule has 1 atom stereocenters. The normalized spacial score (nSPS) is 12.3. The van der Waals surface area contributed by atoms with Gasteiger partial charge in [0.15, 0.2) is 6.10 Å². The fourth-order valence-electron chi connectivity index (χ4n) is 4.12. The van der Waals surface area contributed by atoms with E-state index in [-0.39, 0.29) is 5.97 Å². The van der Waals surface area contributed by atoms with Crippen LogP contribution >= 0.6 is 0 Å². The molecule has 0 amide bonds. The Morgan fingerprint density at radius 1 is 0.853 bits per heavy atom. The van der Waals surface area contributed by atoms with E-state index in [1.54, 1.807) is 6.92 Å². The molecule has 0 fully saturated rings. The zero-order chi connectivity index (χ0) is 23.8. The number of hydrogen-bond donors (Lipinski definition) is 0. The standard InChI is InChI=1S/C30H30O4/c1-3-32-29(30(31)33-4-2)20-22-15-17-25(18-16-22)34-19-9-11-24-21-23-10-5-6-12-26(23)28-14-8-7-13-27(24)28/h5-18,21,29H,3-4,19-20H2,1-2H3/b11-9+/t29-/m0/s1. The van der Waals surface area contributed by atoms with Crippen LogP contribution in [0, 0.1) is 0 Å². The summed E-state index contributed by atoms with van der Waals surface area (Å²) in [5.74, 6) is 0.455. The topological polar surface area (TPSA) is 44.8 Å². The summed E-state index contributed by atoms with van der Waals surface area (Å²) in [7, 11) is 0. The third-order valence-corrected chi connectivity index (χ3v) is 5.71. The van der Waals surface area contributed by atoms with Crippen molar-refractivity contribution in [1.82, 2.24) is 0 Å². The Bertz CT molecular complexity index is 1270. The molecule has 0 bridgehead atoms. The number of rotatable bonds is 10. The van der Waals surface area contributed by atoms with Crippen molar-refractivity contribution in [1.29, 1.82) is 0 Å². The SMILES string of the molecule is CCOC(=O)[C@H](Cc1ccc(OC/C=C/c2cc3ccccc3c3ccccc23)cc1)OCC. The Morgan fingerprint density at radius 2 is 1.56 bits per heavy atom. The lowest BCUT2D eigenvalue weighted by molar-refractivity contribution is -0.156. The van der Waals surface area contributed by atoms with Gasteiger partial charge in [0, 0.05) is 13.0 Å². The number of carbonyl (C=O) groups is 1. The zero-order valence-corrected chi connectivity index (χ0v) is 19.7. The lowest BCUT2D eigenvalue weighted by Gasteiger charge is -2.15. The van der Waals surface area contributed by atoms with Crippen molar-refractivity contribution in [2.75, 3.05) is 19.8 Å². The zero-order valence-electron chi connectivity index (χ0n) is 19.7. The molecule has 0 aromatic heterocycles. The van der Waals surface area contributed by atoms with Crippen LogP contribution < -0.4 is 4.74 Å². The molecule has 0 heterocycles. The summed E-state index contributed by atoms with van der Waals surface area (Å²) in [6.45, 7) is 4.94. The van der Waals surface area contributed by atoms with E-state index in [0.29, 0.717) is 26.2 Å². The first-order valence-electron chi connectivity index (χ1n) is 11.8. The summed E-state index contributed by atoms with van der Waals surface area (Å²) in [5, 5.41) is 4.98. The highest BCUT2D eigenvalue weighted by Gasteiger charge is 2.20. The number of benzene rings is 4. The molecular formula is C30H30O4. The fourth-order valence-corrected chi connectivity index (χ4v) is 4.12. The average molecular weight is 455 g/mol. The van der Waals surface area contributed by atoms with Crippen LogP contribution in [-0.4, -0.2) is 31.9 Å².